The van der Waals surface area contributed by atoms with Crippen LogP contribution in [0.4, 0.5) is 4.79 Å². The Balaban J connectivity index is 0. The summed E-state index contributed by atoms with van der Waals surface area (Å²) in [6.07, 6.45) is -1.33. The average molecular weight is 117 g/mol. The van der Waals surface area contributed by atoms with E-state index in [0.717, 1.165) is 0 Å². The van der Waals surface area contributed by atoms with Gasteiger partial charge in [0.25, 0.3) is 0 Å². The topological polar surface area (TPSA) is 63.3 Å². The number of allylic oxidation sites excluding steroid dienone is 1. The first-order chi connectivity index (χ1) is 3.46. The molecule has 0 fully saturated rings. The first-order valence-electron chi connectivity index (χ1n) is 2.07. The van der Waals surface area contributed by atoms with Crippen LogP contribution in [0.3, 0.4) is 0 Å². The van der Waals surface area contributed by atoms with Crippen LogP contribution in [0.5, 0.6) is 0 Å². The molecule has 0 bridgehead atoms. The minimum atomic E-state index is -1.33. The summed E-state index contributed by atoms with van der Waals surface area (Å²) >= 11 is 0. The lowest BCUT2D eigenvalue weighted by molar-refractivity contribution is 0.205. The number of hydrogen-bond donors (Lipinski definition) is 2. The fourth-order valence-corrected chi connectivity index (χ4v) is 0. The van der Waals surface area contributed by atoms with Crippen molar-refractivity contribution >= 4 is 6.09 Å². The SMILES string of the molecule is C=C(C)C.NC(=O)O. The van der Waals surface area contributed by atoms with Crippen LogP contribution in [0.25, 0.3) is 0 Å². The Morgan fingerprint density at radius 3 is 1.62 bits per heavy atom. The van der Waals surface area contributed by atoms with Crippen molar-refractivity contribution in [2.24, 2.45) is 5.73 Å². The van der Waals surface area contributed by atoms with Gasteiger partial charge < -0.3 is 10.8 Å². The predicted molar refractivity (Wildman–Crippen MR) is 32.7 cm³/mol. The van der Waals surface area contributed by atoms with Gasteiger partial charge in [-0.1, -0.05) is 5.57 Å². The number of primary amides is 1. The number of rotatable bonds is 0. The molecule has 0 spiro atoms. The first kappa shape index (κ1) is 10.1. The van der Waals surface area contributed by atoms with Crippen LogP contribution in [0.1, 0.15) is 13.8 Å². The van der Waals surface area contributed by atoms with Gasteiger partial charge in [-0.05, 0) is 13.8 Å². The standard InChI is InChI=1S/C4H8.CH3NO2/c1-4(2)3;2-1(3)4/h1H2,2-3H3;2H2,(H,3,4). The fraction of sp³-hybridized carbons (Fsp3) is 0.400. The van der Waals surface area contributed by atoms with Gasteiger partial charge in [0, 0.05) is 0 Å². The van der Waals surface area contributed by atoms with Gasteiger partial charge in [0.1, 0.15) is 0 Å². The van der Waals surface area contributed by atoms with E-state index < -0.39 is 6.09 Å². The quantitative estimate of drug-likeness (QED) is 0.468. The zero-order valence-corrected chi connectivity index (χ0v) is 5.14. The number of carbonyl (C=O) groups is 1. The summed E-state index contributed by atoms with van der Waals surface area (Å²) in [5.41, 5.74) is 5.19. The zero-order chi connectivity index (χ0) is 7.15. The summed E-state index contributed by atoms with van der Waals surface area (Å²) in [4.78, 5) is 8.78. The Bertz CT molecular complexity index is 68.4. The highest BCUT2D eigenvalue weighted by Gasteiger charge is 1.65. The Kier molecular flexibility index (Phi) is 7.58. The van der Waals surface area contributed by atoms with Crippen molar-refractivity contribution in [3.05, 3.63) is 12.2 Å². The molecule has 3 N–H and O–H groups in total. The molecule has 0 aliphatic heterocycles. The third kappa shape index (κ3) is 82.2. The van der Waals surface area contributed by atoms with Crippen LogP contribution in [-0.4, -0.2) is 11.2 Å². The first-order valence-corrected chi connectivity index (χ1v) is 2.07. The van der Waals surface area contributed by atoms with Crippen molar-refractivity contribution in [1.29, 1.82) is 0 Å². The fourth-order valence-electron chi connectivity index (χ4n) is 0. The van der Waals surface area contributed by atoms with E-state index in [4.69, 9.17) is 9.90 Å². The van der Waals surface area contributed by atoms with Crippen molar-refractivity contribution in [3.8, 4) is 0 Å². The molecule has 0 aliphatic rings. The Morgan fingerprint density at radius 1 is 1.62 bits per heavy atom. The molecule has 0 aliphatic carbocycles. The molecule has 0 saturated heterocycles. The predicted octanol–water partition coefficient (Wildman–Crippen LogP) is 1.21. The minimum absolute atomic E-state index is 1.17. The summed E-state index contributed by atoms with van der Waals surface area (Å²) < 4.78 is 0. The van der Waals surface area contributed by atoms with Crippen LogP contribution >= 0.6 is 0 Å². The van der Waals surface area contributed by atoms with Gasteiger partial charge in [0.05, 0.1) is 0 Å². The molecule has 8 heavy (non-hydrogen) atoms. The van der Waals surface area contributed by atoms with Gasteiger partial charge in [-0.3, -0.25) is 0 Å². The van der Waals surface area contributed by atoms with Gasteiger partial charge >= 0.3 is 6.09 Å². The summed E-state index contributed by atoms with van der Waals surface area (Å²) in [6, 6.07) is 0. The highest BCUT2D eigenvalue weighted by atomic mass is 16.4. The highest BCUT2D eigenvalue weighted by Crippen LogP contribution is 1.73. The van der Waals surface area contributed by atoms with E-state index in [1.807, 2.05) is 13.8 Å². The van der Waals surface area contributed by atoms with Crippen LogP contribution in [0, 0.1) is 0 Å². The molecule has 0 rings (SSSR count). The van der Waals surface area contributed by atoms with Crippen molar-refractivity contribution in [1.82, 2.24) is 0 Å². The van der Waals surface area contributed by atoms with Crippen LogP contribution in [0.2, 0.25) is 0 Å². The molecule has 0 heterocycles. The Hall–Kier alpha value is -0.990. The van der Waals surface area contributed by atoms with E-state index in [1.165, 1.54) is 5.57 Å². The van der Waals surface area contributed by atoms with Gasteiger partial charge in [-0.2, -0.15) is 0 Å². The molecule has 0 atom stereocenters. The lowest BCUT2D eigenvalue weighted by Crippen LogP contribution is -2.03. The largest absolute Gasteiger partial charge is 0.465 e. The third-order valence-corrected chi connectivity index (χ3v) is 0. The van der Waals surface area contributed by atoms with Gasteiger partial charge in [0.2, 0.25) is 0 Å². The maximum Gasteiger partial charge on any atom is 0.402 e. The zero-order valence-electron chi connectivity index (χ0n) is 5.14. The Morgan fingerprint density at radius 2 is 1.62 bits per heavy atom. The van der Waals surface area contributed by atoms with E-state index in [0.29, 0.717) is 0 Å². The molecule has 0 aromatic rings. The molecule has 0 aromatic carbocycles. The van der Waals surface area contributed by atoms with E-state index in [2.05, 4.69) is 12.3 Å². The third-order valence-electron chi connectivity index (χ3n) is 0. The molecule has 3 nitrogen and oxygen atoms in total. The lowest BCUT2D eigenvalue weighted by atomic mass is 10.4. The molecular weight excluding hydrogens is 106 g/mol. The normalized spacial score (nSPS) is 6.25. The number of carboxylic acid groups (broad SMARTS) is 1. The van der Waals surface area contributed by atoms with E-state index in [1.54, 1.807) is 0 Å². The molecule has 1 amide bonds. The smallest absolute Gasteiger partial charge is 0.402 e. The molecular formula is C5H11NO2. The average Bonchev–Trinajstić information content (AvgIpc) is 1.25. The summed E-state index contributed by atoms with van der Waals surface area (Å²) in [6.45, 7) is 7.50. The second-order valence-corrected chi connectivity index (χ2v) is 1.55. The van der Waals surface area contributed by atoms with Crippen molar-refractivity contribution in [2.45, 2.75) is 13.8 Å². The molecule has 0 radical (unpaired) electrons. The lowest BCUT2D eigenvalue weighted by Gasteiger charge is -1.65. The number of amides is 1. The van der Waals surface area contributed by atoms with Crippen LogP contribution < -0.4 is 5.73 Å². The number of hydrogen-bond acceptors (Lipinski definition) is 1. The van der Waals surface area contributed by atoms with Crippen molar-refractivity contribution < 1.29 is 9.90 Å². The molecule has 3 heteroatoms. The Labute approximate surface area is 48.8 Å². The van der Waals surface area contributed by atoms with Crippen molar-refractivity contribution in [2.75, 3.05) is 0 Å². The van der Waals surface area contributed by atoms with Crippen molar-refractivity contribution in [3.63, 3.8) is 0 Å². The summed E-state index contributed by atoms with van der Waals surface area (Å²) in [5.74, 6) is 0. The van der Waals surface area contributed by atoms with E-state index in [9.17, 15) is 0 Å². The van der Waals surface area contributed by atoms with Crippen LogP contribution in [-0.2, 0) is 0 Å². The minimum Gasteiger partial charge on any atom is -0.465 e. The van der Waals surface area contributed by atoms with Crippen LogP contribution in [0.15, 0.2) is 12.2 Å². The van der Waals surface area contributed by atoms with Gasteiger partial charge in [-0.25, -0.2) is 4.79 Å². The molecule has 48 valence electrons. The highest BCUT2D eigenvalue weighted by molar-refractivity contribution is 5.61. The summed E-state index contributed by atoms with van der Waals surface area (Å²) in [7, 11) is 0. The van der Waals surface area contributed by atoms with Gasteiger partial charge in [0.15, 0.2) is 0 Å². The van der Waals surface area contributed by atoms with E-state index >= 15 is 0 Å². The number of nitrogens with two attached hydrogens (primary N) is 1. The molecule has 0 aromatic heterocycles. The summed E-state index contributed by atoms with van der Waals surface area (Å²) in [5, 5.41) is 7.19. The second-order valence-electron chi connectivity index (χ2n) is 1.55. The maximum atomic E-state index is 8.78. The monoisotopic (exact) mass is 117 g/mol. The van der Waals surface area contributed by atoms with Gasteiger partial charge in [-0.15, -0.1) is 6.58 Å². The second kappa shape index (κ2) is 6.01. The maximum absolute atomic E-state index is 8.78. The molecule has 0 unspecified atom stereocenters. The van der Waals surface area contributed by atoms with E-state index in [-0.39, 0.29) is 0 Å². The molecule has 0 saturated carbocycles.